The molecule has 1 unspecified atom stereocenters. The summed E-state index contributed by atoms with van der Waals surface area (Å²) in [6.45, 7) is 2.84. The van der Waals surface area contributed by atoms with Crippen molar-refractivity contribution in [3.63, 3.8) is 0 Å². The fraction of sp³-hybridized carbons (Fsp3) is 0.625. The van der Waals surface area contributed by atoms with Crippen LogP contribution in [0.5, 0.6) is 11.5 Å². The third kappa shape index (κ3) is 3.87. The van der Waals surface area contributed by atoms with E-state index in [-0.39, 0.29) is 6.04 Å². The molecule has 1 atom stereocenters. The van der Waals surface area contributed by atoms with Crippen molar-refractivity contribution in [3.05, 3.63) is 23.8 Å². The molecule has 5 heteroatoms. The van der Waals surface area contributed by atoms with Crippen molar-refractivity contribution in [3.8, 4) is 11.5 Å². The Morgan fingerprint density at radius 2 is 1.95 bits per heavy atom. The van der Waals surface area contributed by atoms with Crippen LogP contribution in [0.1, 0.15) is 37.8 Å². The van der Waals surface area contributed by atoms with Gasteiger partial charge in [0.2, 0.25) is 0 Å². The van der Waals surface area contributed by atoms with Gasteiger partial charge in [0.25, 0.3) is 0 Å². The van der Waals surface area contributed by atoms with Crippen molar-refractivity contribution in [1.82, 2.24) is 5.43 Å². The second-order valence-corrected chi connectivity index (χ2v) is 5.48. The number of hydrogen-bond acceptors (Lipinski definition) is 5. The number of nitrogens with two attached hydrogens (primary N) is 1. The molecule has 0 heterocycles. The molecule has 1 aliphatic carbocycles. The molecule has 1 fully saturated rings. The summed E-state index contributed by atoms with van der Waals surface area (Å²) in [6.07, 6.45) is 3.69. The number of ether oxygens (including phenoxy) is 3. The summed E-state index contributed by atoms with van der Waals surface area (Å²) in [5.41, 5.74) is 4.04. The average Bonchev–Trinajstić information content (AvgIpc) is 2.48. The summed E-state index contributed by atoms with van der Waals surface area (Å²) in [5, 5.41) is 0. The minimum Gasteiger partial charge on any atom is -0.493 e. The predicted molar refractivity (Wildman–Crippen MR) is 82.4 cm³/mol. The molecule has 5 nitrogen and oxygen atoms in total. The zero-order valence-corrected chi connectivity index (χ0v) is 13.1. The van der Waals surface area contributed by atoms with Crippen LogP contribution in [0.25, 0.3) is 0 Å². The molecule has 1 aliphatic rings. The highest BCUT2D eigenvalue weighted by Gasteiger charge is 2.31. The molecule has 0 saturated heterocycles. The van der Waals surface area contributed by atoms with Gasteiger partial charge in [-0.3, -0.25) is 11.3 Å². The fourth-order valence-corrected chi connectivity index (χ4v) is 2.94. The van der Waals surface area contributed by atoms with Crippen LogP contribution in [-0.4, -0.2) is 26.9 Å². The Bertz CT molecular complexity index is 447. The minimum absolute atomic E-state index is 0.123. The zero-order chi connectivity index (χ0) is 15.2. The van der Waals surface area contributed by atoms with Gasteiger partial charge < -0.3 is 14.2 Å². The van der Waals surface area contributed by atoms with E-state index in [0.717, 1.165) is 42.9 Å². The summed E-state index contributed by atoms with van der Waals surface area (Å²) in [7, 11) is 3.28. The van der Waals surface area contributed by atoms with E-state index in [4.69, 9.17) is 20.1 Å². The van der Waals surface area contributed by atoms with Gasteiger partial charge in [-0.05, 0) is 49.8 Å². The molecule has 118 valence electrons. The van der Waals surface area contributed by atoms with Gasteiger partial charge in [0, 0.05) is 12.6 Å². The number of rotatable bonds is 8. The van der Waals surface area contributed by atoms with Crippen molar-refractivity contribution in [1.29, 1.82) is 0 Å². The lowest BCUT2D eigenvalue weighted by Crippen LogP contribution is -2.36. The fourth-order valence-electron chi connectivity index (χ4n) is 2.94. The third-order valence-corrected chi connectivity index (χ3v) is 4.18. The number of nitrogens with one attached hydrogen (secondary N) is 1. The summed E-state index contributed by atoms with van der Waals surface area (Å²) < 4.78 is 16.2. The molecule has 1 aromatic carbocycles. The van der Waals surface area contributed by atoms with Gasteiger partial charge in [-0.25, -0.2) is 0 Å². The normalized spacial score (nSPS) is 22.5. The van der Waals surface area contributed by atoms with Crippen molar-refractivity contribution in [2.75, 3.05) is 20.8 Å². The van der Waals surface area contributed by atoms with Crippen molar-refractivity contribution < 1.29 is 14.2 Å². The largest absolute Gasteiger partial charge is 0.493 e. The lowest BCUT2D eigenvalue weighted by molar-refractivity contribution is -0.0291. The van der Waals surface area contributed by atoms with Crippen molar-refractivity contribution in [2.24, 2.45) is 11.8 Å². The molecule has 21 heavy (non-hydrogen) atoms. The van der Waals surface area contributed by atoms with Crippen LogP contribution in [-0.2, 0) is 4.74 Å². The molecular formula is C16H26N2O3. The Morgan fingerprint density at radius 3 is 2.52 bits per heavy atom. The van der Waals surface area contributed by atoms with Gasteiger partial charge in [-0.2, -0.15) is 0 Å². The maximum Gasteiger partial charge on any atom is 0.161 e. The Labute approximate surface area is 126 Å². The van der Waals surface area contributed by atoms with E-state index < -0.39 is 0 Å². The van der Waals surface area contributed by atoms with E-state index in [9.17, 15) is 0 Å². The van der Waals surface area contributed by atoms with Gasteiger partial charge in [0.05, 0.1) is 20.3 Å². The molecule has 1 saturated carbocycles. The van der Waals surface area contributed by atoms with Crippen LogP contribution in [0.2, 0.25) is 0 Å². The van der Waals surface area contributed by atoms with Crippen LogP contribution >= 0.6 is 0 Å². The highest BCUT2D eigenvalue weighted by Crippen LogP contribution is 2.38. The van der Waals surface area contributed by atoms with Crippen LogP contribution in [0.3, 0.4) is 0 Å². The maximum atomic E-state index is 5.73. The number of hydrogen-bond donors (Lipinski definition) is 2. The van der Waals surface area contributed by atoms with E-state index in [1.165, 1.54) is 0 Å². The first-order valence-electron chi connectivity index (χ1n) is 7.51. The molecule has 2 rings (SSSR count). The Hall–Kier alpha value is -1.30. The second kappa shape index (κ2) is 7.64. The summed E-state index contributed by atoms with van der Waals surface area (Å²) in [4.78, 5) is 0. The molecule has 0 aliphatic heterocycles. The molecule has 0 spiro atoms. The van der Waals surface area contributed by atoms with Crippen molar-refractivity contribution in [2.45, 2.75) is 38.3 Å². The van der Waals surface area contributed by atoms with E-state index in [1.54, 1.807) is 14.2 Å². The zero-order valence-electron chi connectivity index (χ0n) is 13.1. The third-order valence-electron chi connectivity index (χ3n) is 4.18. The number of hydrazine groups is 1. The standard InChI is InChI=1S/C16H26N2O3/c1-4-21-13-7-11(8-13)9-14(18-17)12-5-6-15(19-2)16(10-12)20-3/h5-6,10-11,13-14,18H,4,7-9,17H2,1-3H3. The molecule has 3 N–H and O–H groups in total. The number of methoxy groups -OCH3 is 2. The minimum atomic E-state index is 0.123. The predicted octanol–water partition coefficient (Wildman–Crippen LogP) is 2.41. The van der Waals surface area contributed by atoms with E-state index in [1.807, 2.05) is 25.1 Å². The monoisotopic (exact) mass is 294 g/mol. The summed E-state index contributed by atoms with van der Waals surface area (Å²) >= 11 is 0. The first-order valence-corrected chi connectivity index (χ1v) is 7.51. The smallest absolute Gasteiger partial charge is 0.161 e. The highest BCUT2D eigenvalue weighted by molar-refractivity contribution is 5.43. The number of benzene rings is 1. The molecule has 0 aromatic heterocycles. The SMILES string of the molecule is CCOC1CC(CC(NN)c2ccc(OC)c(OC)c2)C1. The lowest BCUT2D eigenvalue weighted by Gasteiger charge is -2.37. The van der Waals surface area contributed by atoms with Crippen LogP contribution in [0.15, 0.2) is 18.2 Å². The average molecular weight is 294 g/mol. The van der Waals surface area contributed by atoms with Crippen LogP contribution < -0.4 is 20.7 Å². The first-order chi connectivity index (χ1) is 10.2. The second-order valence-electron chi connectivity index (χ2n) is 5.48. The van der Waals surface area contributed by atoms with Gasteiger partial charge in [-0.15, -0.1) is 0 Å². The summed E-state index contributed by atoms with van der Waals surface area (Å²) in [6, 6.07) is 6.06. The van der Waals surface area contributed by atoms with Crippen LogP contribution in [0, 0.1) is 5.92 Å². The highest BCUT2D eigenvalue weighted by atomic mass is 16.5. The first kappa shape index (κ1) is 16.1. The Balaban J connectivity index is 1.98. The molecule has 0 bridgehead atoms. The Kier molecular flexibility index (Phi) is 5.85. The maximum absolute atomic E-state index is 5.73. The van der Waals surface area contributed by atoms with E-state index in [0.29, 0.717) is 12.0 Å². The van der Waals surface area contributed by atoms with Crippen LogP contribution in [0.4, 0.5) is 0 Å². The van der Waals surface area contributed by atoms with E-state index >= 15 is 0 Å². The van der Waals surface area contributed by atoms with Gasteiger partial charge in [0.15, 0.2) is 11.5 Å². The van der Waals surface area contributed by atoms with Crippen molar-refractivity contribution >= 4 is 0 Å². The molecule has 0 radical (unpaired) electrons. The van der Waals surface area contributed by atoms with E-state index in [2.05, 4.69) is 5.43 Å². The lowest BCUT2D eigenvalue weighted by atomic mass is 9.77. The quantitative estimate of drug-likeness (QED) is 0.569. The summed E-state index contributed by atoms with van der Waals surface area (Å²) in [5.74, 6) is 7.86. The molecule has 1 aromatic rings. The van der Waals surface area contributed by atoms with Gasteiger partial charge >= 0.3 is 0 Å². The van der Waals surface area contributed by atoms with Gasteiger partial charge in [0.1, 0.15) is 0 Å². The Morgan fingerprint density at radius 1 is 1.24 bits per heavy atom. The van der Waals surface area contributed by atoms with Gasteiger partial charge in [-0.1, -0.05) is 6.07 Å². The molecular weight excluding hydrogens is 268 g/mol. The molecule has 0 amide bonds. The topological polar surface area (TPSA) is 65.7 Å².